The highest BCUT2D eigenvalue weighted by Crippen LogP contribution is 2.22. The van der Waals surface area contributed by atoms with Crippen LogP contribution >= 0.6 is 12.2 Å². The Hall–Kier alpha value is -1.18. The monoisotopic (exact) mass is 426 g/mol. The van der Waals surface area contributed by atoms with E-state index in [1.165, 1.54) is 16.0 Å². The van der Waals surface area contributed by atoms with Crippen molar-refractivity contribution in [1.82, 2.24) is 4.90 Å². The number of benzene rings is 1. The molecular weight excluding hydrogens is 390 g/mol. The van der Waals surface area contributed by atoms with Crippen molar-refractivity contribution < 1.29 is 13.3 Å². The maximum atomic E-state index is 12.1. The Balaban J connectivity index is 2.20. The molecule has 1 aliphatic heterocycles. The van der Waals surface area contributed by atoms with Gasteiger partial charge in [0.25, 0.3) is 0 Å². The number of anilines is 1. The average Bonchev–Trinajstić information content (AvgIpc) is 2.94. The van der Waals surface area contributed by atoms with Crippen molar-refractivity contribution in [2.24, 2.45) is 0 Å². The van der Waals surface area contributed by atoms with Gasteiger partial charge in [0.2, 0.25) is 0 Å². The van der Waals surface area contributed by atoms with Gasteiger partial charge in [-0.15, -0.1) is 0 Å². The fraction of sp³-hybridized carbons (Fsp3) is 0.667. The van der Waals surface area contributed by atoms with Crippen LogP contribution < -0.4 is 10.2 Å². The number of rotatable bonds is 7. The van der Waals surface area contributed by atoms with E-state index in [4.69, 9.17) is 12.2 Å². The lowest BCUT2D eigenvalue weighted by Crippen LogP contribution is -3.18. The van der Waals surface area contributed by atoms with Crippen LogP contribution in [0.5, 0.6) is 0 Å². The molecule has 0 amide bonds. The van der Waals surface area contributed by atoms with Gasteiger partial charge in [-0.2, -0.15) is 0 Å². The minimum absolute atomic E-state index is 0.0457. The normalized spacial score (nSPS) is 18.8. The second-order valence-electron chi connectivity index (χ2n) is 8.56. The summed E-state index contributed by atoms with van der Waals surface area (Å²) in [5, 5.41) is 4.02. The van der Waals surface area contributed by atoms with Crippen LogP contribution in [0.2, 0.25) is 0 Å². The molecule has 1 saturated heterocycles. The molecule has 0 radical (unpaired) electrons. The van der Waals surface area contributed by atoms with E-state index in [2.05, 4.69) is 57.8 Å². The van der Waals surface area contributed by atoms with Gasteiger partial charge in [-0.05, 0) is 77.4 Å². The number of thiocarbonyl (C=S) groups is 1. The number of nitrogens with zero attached hydrogens (tertiary/aromatic N) is 1. The third kappa shape index (κ3) is 5.91. The molecule has 28 heavy (non-hydrogen) atoms. The van der Waals surface area contributed by atoms with Crippen LogP contribution in [0.15, 0.2) is 18.2 Å². The molecule has 1 fully saturated rings. The standard InChI is InChI=1S/C21H35N3O2S2/c1-15(2)23(16(3)4)11-12-24(19-10-13-28(25,26)14-19)21(27)22-20-9-7-8-17(5)18(20)6/h7-9,15-16,19H,10-14H2,1-6H3,(H,22,27)/p+1/t19-/m1/s1. The van der Waals surface area contributed by atoms with Crippen molar-refractivity contribution in [2.45, 2.75) is 66.1 Å². The predicted molar refractivity (Wildman–Crippen MR) is 122 cm³/mol. The summed E-state index contributed by atoms with van der Waals surface area (Å²) in [6, 6.07) is 7.09. The fourth-order valence-electron chi connectivity index (χ4n) is 4.04. The molecule has 1 aromatic rings. The van der Waals surface area contributed by atoms with Crippen molar-refractivity contribution in [3.05, 3.63) is 29.3 Å². The van der Waals surface area contributed by atoms with Crippen molar-refractivity contribution in [1.29, 1.82) is 0 Å². The predicted octanol–water partition coefficient (Wildman–Crippen LogP) is 2.19. The zero-order valence-corrected chi connectivity index (χ0v) is 19.7. The van der Waals surface area contributed by atoms with Crippen LogP contribution in [0.1, 0.15) is 45.2 Å². The summed E-state index contributed by atoms with van der Waals surface area (Å²) in [4.78, 5) is 3.62. The van der Waals surface area contributed by atoms with Crippen LogP contribution in [0.25, 0.3) is 0 Å². The first-order valence-corrected chi connectivity index (χ1v) is 12.4. The molecule has 0 unspecified atom stereocenters. The number of hydrogen-bond acceptors (Lipinski definition) is 3. The number of hydrogen-bond donors (Lipinski definition) is 2. The molecule has 2 rings (SSSR count). The molecule has 0 spiro atoms. The second kappa shape index (κ2) is 9.55. The van der Waals surface area contributed by atoms with Gasteiger partial charge < -0.3 is 15.1 Å². The van der Waals surface area contributed by atoms with E-state index in [1.54, 1.807) is 0 Å². The Bertz CT molecular complexity index is 783. The van der Waals surface area contributed by atoms with E-state index in [-0.39, 0.29) is 17.5 Å². The number of quaternary nitrogens is 1. The Morgan fingerprint density at radius 1 is 1.25 bits per heavy atom. The molecule has 1 atom stereocenters. The molecule has 0 bridgehead atoms. The second-order valence-corrected chi connectivity index (χ2v) is 11.2. The maximum absolute atomic E-state index is 12.1. The van der Waals surface area contributed by atoms with Crippen molar-refractivity contribution >= 4 is 32.9 Å². The molecule has 0 aromatic heterocycles. The third-order valence-electron chi connectivity index (χ3n) is 5.88. The van der Waals surface area contributed by atoms with Gasteiger partial charge >= 0.3 is 0 Å². The summed E-state index contributed by atoms with van der Waals surface area (Å²) >= 11 is 5.77. The largest absolute Gasteiger partial charge is 0.339 e. The molecule has 2 N–H and O–H groups in total. The first kappa shape index (κ1) is 23.1. The van der Waals surface area contributed by atoms with E-state index in [0.29, 0.717) is 23.6 Å². The first-order valence-electron chi connectivity index (χ1n) is 10.2. The van der Waals surface area contributed by atoms with Crippen LogP contribution in [-0.4, -0.2) is 61.2 Å². The van der Waals surface area contributed by atoms with Gasteiger partial charge in [-0.3, -0.25) is 0 Å². The van der Waals surface area contributed by atoms with Crippen molar-refractivity contribution in [2.75, 3.05) is 29.9 Å². The number of nitrogens with one attached hydrogen (secondary N) is 2. The fourth-order valence-corrected chi connectivity index (χ4v) is 6.12. The minimum atomic E-state index is -2.97. The first-order chi connectivity index (χ1) is 13.0. The molecule has 5 nitrogen and oxygen atoms in total. The molecule has 0 saturated carbocycles. The summed E-state index contributed by atoms with van der Waals surface area (Å²) < 4.78 is 24.2. The van der Waals surface area contributed by atoms with Crippen molar-refractivity contribution in [3.8, 4) is 0 Å². The minimum Gasteiger partial charge on any atom is -0.339 e. The smallest absolute Gasteiger partial charge is 0.173 e. The zero-order valence-electron chi connectivity index (χ0n) is 18.1. The SMILES string of the molecule is Cc1cccc(NC(=S)N(CC[NH+](C(C)C)C(C)C)[C@@H]2CCS(=O)(=O)C2)c1C. The zero-order chi connectivity index (χ0) is 21.1. The van der Waals surface area contributed by atoms with E-state index < -0.39 is 9.84 Å². The highest BCUT2D eigenvalue weighted by molar-refractivity contribution is 7.91. The maximum Gasteiger partial charge on any atom is 0.173 e. The van der Waals surface area contributed by atoms with E-state index in [1.807, 2.05) is 12.1 Å². The molecule has 0 aliphatic carbocycles. The van der Waals surface area contributed by atoms with E-state index >= 15 is 0 Å². The Morgan fingerprint density at radius 2 is 1.89 bits per heavy atom. The van der Waals surface area contributed by atoms with Gasteiger partial charge in [-0.1, -0.05) is 12.1 Å². The Kier molecular flexibility index (Phi) is 7.88. The Morgan fingerprint density at radius 3 is 2.43 bits per heavy atom. The highest BCUT2D eigenvalue weighted by Gasteiger charge is 2.34. The third-order valence-corrected chi connectivity index (χ3v) is 7.97. The summed E-state index contributed by atoms with van der Waals surface area (Å²) in [5.41, 5.74) is 3.37. The lowest BCUT2D eigenvalue weighted by atomic mass is 10.1. The van der Waals surface area contributed by atoms with Crippen molar-refractivity contribution in [3.63, 3.8) is 0 Å². The van der Waals surface area contributed by atoms with Gasteiger partial charge in [0.15, 0.2) is 14.9 Å². The lowest BCUT2D eigenvalue weighted by molar-refractivity contribution is -0.941. The Labute approximate surface area is 176 Å². The topological polar surface area (TPSA) is 53.9 Å². The molecule has 7 heteroatoms. The van der Waals surface area contributed by atoms with Gasteiger partial charge in [0.05, 0.1) is 36.7 Å². The van der Waals surface area contributed by atoms with E-state index in [0.717, 1.165) is 18.8 Å². The quantitative estimate of drug-likeness (QED) is 0.655. The van der Waals surface area contributed by atoms with E-state index in [9.17, 15) is 8.42 Å². The number of sulfone groups is 1. The average molecular weight is 427 g/mol. The van der Waals surface area contributed by atoms with Crippen LogP contribution in [0.3, 0.4) is 0 Å². The van der Waals surface area contributed by atoms with Crippen LogP contribution in [0.4, 0.5) is 5.69 Å². The van der Waals surface area contributed by atoms with Gasteiger partial charge in [-0.25, -0.2) is 8.42 Å². The summed E-state index contributed by atoms with van der Waals surface area (Å²) in [5.74, 6) is 0.450. The molecular formula is C21H36N3O2S2+. The van der Waals surface area contributed by atoms with Crippen LogP contribution in [-0.2, 0) is 9.84 Å². The molecule has 1 aromatic carbocycles. The summed E-state index contributed by atoms with van der Waals surface area (Å²) in [6.45, 7) is 14.8. The highest BCUT2D eigenvalue weighted by atomic mass is 32.2. The van der Waals surface area contributed by atoms with Gasteiger partial charge in [0.1, 0.15) is 0 Å². The van der Waals surface area contributed by atoms with Crippen LogP contribution in [0, 0.1) is 13.8 Å². The molecule has 1 heterocycles. The molecule has 1 aliphatic rings. The molecule has 158 valence electrons. The summed E-state index contributed by atoms with van der Waals surface area (Å²) in [7, 11) is -2.97. The number of aryl methyl sites for hydroxylation is 1. The lowest BCUT2D eigenvalue weighted by Gasteiger charge is -2.34. The summed E-state index contributed by atoms with van der Waals surface area (Å²) in [6.07, 6.45) is 0.648. The van der Waals surface area contributed by atoms with Gasteiger partial charge in [0, 0.05) is 11.7 Å².